The molecule has 0 radical (unpaired) electrons. The van der Waals surface area contributed by atoms with E-state index in [2.05, 4.69) is 17.1 Å². The molecule has 1 heterocycles. The van der Waals surface area contributed by atoms with Crippen LogP contribution in [0.3, 0.4) is 0 Å². The molecule has 1 aromatic carbocycles. The molecule has 0 bridgehead atoms. The summed E-state index contributed by atoms with van der Waals surface area (Å²) in [5.41, 5.74) is 0.630. The van der Waals surface area contributed by atoms with E-state index in [1.54, 1.807) is 0 Å². The van der Waals surface area contributed by atoms with Crippen LogP contribution >= 0.6 is 0 Å². The summed E-state index contributed by atoms with van der Waals surface area (Å²) < 4.78 is 13.2. The van der Waals surface area contributed by atoms with Crippen LogP contribution in [-0.2, 0) is 0 Å². The zero-order valence-corrected chi connectivity index (χ0v) is 11.7. The van der Waals surface area contributed by atoms with Gasteiger partial charge in [-0.1, -0.05) is 6.92 Å². The first-order valence-corrected chi connectivity index (χ1v) is 7.04. The van der Waals surface area contributed by atoms with Crippen molar-refractivity contribution in [2.45, 2.75) is 26.3 Å². The molecule has 0 saturated carbocycles. The summed E-state index contributed by atoms with van der Waals surface area (Å²) in [6.07, 6.45) is 1.21. The van der Waals surface area contributed by atoms with Crippen molar-refractivity contribution in [1.29, 1.82) is 0 Å². The van der Waals surface area contributed by atoms with E-state index in [4.69, 9.17) is 0 Å². The van der Waals surface area contributed by atoms with Crippen LogP contribution in [0.1, 0.15) is 31.9 Å². The molecule has 1 fully saturated rings. The van der Waals surface area contributed by atoms with E-state index >= 15 is 0 Å². The fourth-order valence-electron chi connectivity index (χ4n) is 2.69. The molecule has 3 nitrogen and oxygen atoms in total. The van der Waals surface area contributed by atoms with Crippen molar-refractivity contribution in [2.24, 2.45) is 5.92 Å². The van der Waals surface area contributed by atoms with Gasteiger partial charge >= 0.3 is 0 Å². The Bertz CT molecular complexity index is 425. The summed E-state index contributed by atoms with van der Waals surface area (Å²) in [5, 5.41) is 13.2. The molecule has 0 aliphatic carbocycles. The lowest BCUT2D eigenvalue weighted by molar-refractivity contribution is 0.335. The predicted octanol–water partition coefficient (Wildman–Crippen LogP) is 2.52. The van der Waals surface area contributed by atoms with Gasteiger partial charge in [-0.15, -0.1) is 0 Å². The molecule has 106 valence electrons. The Labute approximate surface area is 114 Å². The van der Waals surface area contributed by atoms with Crippen LogP contribution in [0.4, 0.5) is 4.39 Å². The van der Waals surface area contributed by atoms with E-state index in [9.17, 15) is 9.50 Å². The number of benzene rings is 1. The van der Waals surface area contributed by atoms with Crippen molar-refractivity contribution in [2.75, 3.05) is 26.2 Å². The van der Waals surface area contributed by atoms with Crippen LogP contribution in [0.5, 0.6) is 5.75 Å². The lowest BCUT2D eigenvalue weighted by Crippen LogP contribution is -2.28. The second-order valence-corrected chi connectivity index (χ2v) is 5.38. The first kappa shape index (κ1) is 14.3. The Hall–Kier alpha value is -1.13. The van der Waals surface area contributed by atoms with Gasteiger partial charge in [-0.05, 0) is 57.1 Å². The van der Waals surface area contributed by atoms with Crippen molar-refractivity contribution in [3.05, 3.63) is 29.6 Å². The largest absolute Gasteiger partial charge is 0.508 e. The highest BCUT2D eigenvalue weighted by Crippen LogP contribution is 2.25. The molecule has 2 rings (SSSR count). The molecule has 2 N–H and O–H groups in total. The molecule has 0 spiro atoms. The summed E-state index contributed by atoms with van der Waals surface area (Å²) in [5.74, 6) is 0.501. The molecule has 4 heteroatoms. The number of phenols is 1. The normalized spacial score (nSPS) is 21.7. The van der Waals surface area contributed by atoms with Crippen molar-refractivity contribution in [3.63, 3.8) is 0 Å². The molecule has 2 unspecified atom stereocenters. The fourth-order valence-corrected chi connectivity index (χ4v) is 2.69. The maximum absolute atomic E-state index is 13.2. The Morgan fingerprint density at radius 3 is 3.00 bits per heavy atom. The van der Waals surface area contributed by atoms with Crippen molar-refractivity contribution >= 4 is 0 Å². The highest BCUT2D eigenvalue weighted by Gasteiger charge is 2.21. The Morgan fingerprint density at radius 1 is 1.53 bits per heavy atom. The molecule has 1 aromatic rings. The molecule has 1 saturated heterocycles. The Balaban J connectivity index is 1.87. The van der Waals surface area contributed by atoms with Crippen LogP contribution < -0.4 is 5.32 Å². The summed E-state index contributed by atoms with van der Waals surface area (Å²) in [4.78, 5) is 2.44. The minimum Gasteiger partial charge on any atom is -0.508 e. The van der Waals surface area contributed by atoms with Gasteiger partial charge in [0, 0.05) is 18.2 Å². The molecule has 1 aliphatic rings. The van der Waals surface area contributed by atoms with Crippen molar-refractivity contribution in [3.8, 4) is 5.75 Å². The first-order valence-electron chi connectivity index (χ1n) is 7.04. The third-order valence-corrected chi connectivity index (χ3v) is 3.99. The summed E-state index contributed by atoms with van der Waals surface area (Å²) >= 11 is 0. The number of likely N-dealkylation sites (tertiary alicyclic amines) is 1. The molecular formula is C15H23FN2O. The average molecular weight is 266 g/mol. The van der Waals surface area contributed by atoms with Gasteiger partial charge in [0.15, 0.2) is 0 Å². The maximum atomic E-state index is 13.2. The first-order chi connectivity index (χ1) is 9.10. The third-order valence-electron chi connectivity index (χ3n) is 3.99. The molecule has 19 heavy (non-hydrogen) atoms. The number of nitrogens with zero attached hydrogens (tertiary/aromatic N) is 1. The van der Waals surface area contributed by atoms with Crippen molar-refractivity contribution < 1.29 is 9.50 Å². The standard InChI is InChI=1S/C15H23FN2O/c1-3-18-7-6-12(10-18)9-17-11(2)14-8-13(16)4-5-15(14)19/h4-5,8,11-12,17,19H,3,6-7,9-10H2,1-2H3. The average Bonchev–Trinajstić information content (AvgIpc) is 2.87. The zero-order chi connectivity index (χ0) is 13.8. The fraction of sp³-hybridized carbons (Fsp3) is 0.600. The van der Waals surface area contributed by atoms with Crippen LogP contribution in [0, 0.1) is 11.7 Å². The topological polar surface area (TPSA) is 35.5 Å². The highest BCUT2D eigenvalue weighted by molar-refractivity contribution is 5.34. The lowest BCUT2D eigenvalue weighted by atomic mass is 10.0. The van der Waals surface area contributed by atoms with Crippen LogP contribution in [0.15, 0.2) is 18.2 Å². The van der Waals surface area contributed by atoms with Crippen LogP contribution in [0.25, 0.3) is 0 Å². The van der Waals surface area contributed by atoms with E-state index in [1.165, 1.54) is 31.2 Å². The van der Waals surface area contributed by atoms with E-state index in [0.717, 1.165) is 19.6 Å². The van der Waals surface area contributed by atoms with Gasteiger partial charge in [-0.3, -0.25) is 0 Å². The SMILES string of the molecule is CCN1CCC(CNC(C)c2cc(F)ccc2O)C1. The number of hydrogen-bond acceptors (Lipinski definition) is 3. The molecule has 0 amide bonds. The second kappa shape index (κ2) is 6.35. The van der Waals surface area contributed by atoms with Gasteiger partial charge in [0.25, 0.3) is 0 Å². The monoisotopic (exact) mass is 266 g/mol. The van der Waals surface area contributed by atoms with Crippen LogP contribution in [-0.4, -0.2) is 36.2 Å². The number of rotatable bonds is 5. The summed E-state index contributed by atoms with van der Waals surface area (Å²) in [6.45, 7) is 8.46. The lowest BCUT2D eigenvalue weighted by Gasteiger charge is -2.19. The predicted molar refractivity (Wildman–Crippen MR) is 74.7 cm³/mol. The zero-order valence-electron chi connectivity index (χ0n) is 11.7. The van der Waals surface area contributed by atoms with Crippen molar-refractivity contribution in [1.82, 2.24) is 10.2 Å². The molecule has 1 aliphatic heterocycles. The van der Waals surface area contributed by atoms with E-state index < -0.39 is 0 Å². The van der Waals surface area contributed by atoms with Gasteiger partial charge in [-0.2, -0.15) is 0 Å². The Kier molecular flexibility index (Phi) is 4.77. The van der Waals surface area contributed by atoms with E-state index in [1.807, 2.05) is 6.92 Å². The smallest absolute Gasteiger partial charge is 0.123 e. The Morgan fingerprint density at radius 2 is 2.32 bits per heavy atom. The van der Waals surface area contributed by atoms with Crippen LogP contribution in [0.2, 0.25) is 0 Å². The maximum Gasteiger partial charge on any atom is 0.123 e. The number of halogens is 1. The molecular weight excluding hydrogens is 243 g/mol. The van der Waals surface area contributed by atoms with Gasteiger partial charge in [-0.25, -0.2) is 4.39 Å². The number of phenolic OH excluding ortho intramolecular Hbond substituents is 1. The highest BCUT2D eigenvalue weighted by atomic mass is 19.1. The third kappa shape index (κ3) is 3.67. The van der Waals surface area contributed by atoms with E-state index in [-0.39, 0.29) is 17.6 Å². The van der Waals surface area contributed by atoms with E-state index in [0.29, 0.717) is 11.5 Å². The van der Waals surface area contributed by atoms with Gasteiger partial charge in [0.1, 0.15) is 11.6 Å². The summed E-state index contributed by atoms with van der Waals surface area (Å²) in [7, 11) is 0. The van der Waals surface area contributed by atoms with Gasteiger partial charge in [0.2, 0.25) is 0 Å². The second-order valence-electron chi connectivity index (χ2n) is 5.38. The number of aromatic hydroxyl groups is 1. The quantitative estimate of drug-likeness (QED) is 0.859. The van der Waals surface area contributed by atoms with Gasteiger partial charge in [0.05, 0.1) is 0 Å². The minimum absolute atomic E-state index is 0.0358. The minimum atomic E-state index is -0.306. The number of hydrogen-bond donors (Lipinski definition) is 2. The summed E-state index contributed by atoms with van der Waals surface area (Å²) in [6, 6.07) is 4.06. The number of nitrogens with one attached hydrogen (secondary N) is 1. The molecule has 2 atom stereocenters. The molecule has 0 aromatic heterocycles. The van der Waals surface area contributed by atoms with Gasteiger partial charge < -0.3 is 15.3 Å².